The molecular weight excluding hydrogens is 286 g/mol. The maximum absolute atomic E-state index is 12.0. The number of hydrogen-bond donors (Lipinski definition) is 1. The lowest BCUT2D eigenvalue weighted by molar-refractivity contribution is -0.133. The minimum atomic E-state index is -0.655. The van der Waals surface area contributed by atoms with Crippen LogP contribution < -0.4 is 4.74 Å². The molecule has 1 atom stereocenters. The average molecular weight is 305 g/mol. The molecule has 1 N–H and O–H groups in total. The summed E-state index contributed by atoms with van der Waals surface area (Å²) < 4.78 is 5.47. The van der Waals surface area contributed by atoms with Gasteiger partial charge in [-0.1, -0.05) is 18.2 Å². The van der Waals surface area contributed by atoms with E-state index in [1.807, 2.05) is 48.7 Å². The molecule has 1 heterocycles. The van der Waals surface area contributed by atoms with E-state index in [4.69, 9.17) is 4.74 Å². The number of ether oxygens (including phenoxy) is 1. The van der Waals surface area contributed by atoms with Crippen LogP contribution in [0.3, 0.4) is 0 Å². The fourth-order valence-corrected chi connectivity index (χ4v) is 2.60. The Balaban J connectivity index is 1.82. The van der Waals surface area contributed by atoms with Gasteiger partial charge >= 0.3 is 0 Å². The number of benzene rings is 1. The van der Waals surface area contributed by atoms with Gasteiger partial charge in [0.05, 0.1) is 6.54 Å². The molecule has 1 unspecified atom stereocenters. The van der Waals surface area contributed by atoms with Crippen molar-refractivity contribution >= 4 is 17.2 Å². The number of nitrogens with zero attached hydrogens (tertiary/aromatic N) is 1. The quantitative estimate of drug-likeness (QED) is 0.892. The molecule has 0 radical (unpaired) electrons. The molecule has 0 spiro atoms. The van der Waals surface area contributed by atoms with Crippen molar-refractivity contribution in [3.8, 4) is 5.75 Å². The summed E-state index contributed by atoms with van der Waals surface area (Å²) in [6, 6.07) is 11.3. The van der Waals surface area contributed by atoms with Gasteiger partial charge < -0.3 is 14.7 Å². The SMILES string of the molecule is Cc1cccc(OCC(=O)N(C)CC(O)c2cccs2)c1. The summed E-state index contributed by atoms with van der Waals surface area (Å²) in [5.74, 6) is 0.516. The molecule has 0 saturated carbocycles. The molecule has 112 valence electrons. The third-order valence-electron chi connectivity index (χ3n) is 3.10. The molecule has 5 heteroatoms. The van der Waals surface area contributed by atoms with E-state index < -0.39 is 6.10 Å². The molecule has 2 aromatic rings. The Morgan fingerprint density at radius 2 is 2.19 bits per heavy atom. The van der Waals surface area contributed by atoms with E-state index in [0.29, 0.717) is 5.75 Å². The van der Waals surface area contributed by atoms with Crippen molar-refractivity contribution < 1.29 is 14.6 Å². The monoisotopic (exact) mass is 305 g/mol. The zero-order valence-corrected chi connectivity index (χ0v) is 13.0. The van der Waals surface area contributed by atoms with Crippen molar-refractivity contribution in [2.24, 2.45) is 0 Å². The number of aliphatic hydroxyl groups is 1. The summed E-state index contributed by atoms with van der Waals surface area (Å²) in [6.07, 6.45) is -0.655. The molecule has 4 nitrogen and oxygen atoms in total. The van der Waals surface area contributed by atoms with Crippen LogP contribution in [0.15, 0.2) is 41.8 Å². The Bertz CT molecular complexity index is 583. The topological polar surface area (TPSA) is 49.8 Å². The highest BCUT2D eigenvalue weighted by atomic mass is 32.1. The van der Waals surface area contributed by atoms with Crippen LogP contribution in [0.2, 0.25) is 0 Å². The standard InChI is InChI=1S/C16H19NO3S/c1-12-5-3-6-13(9-12)20-11-16(19)17(2)10-14(18)15-7-4-8-21-15/h3-9,14,18H,10-11H2,1-2H3. The van der Waals surface area contributed by atoms with E-state index in [1.165, 1.54) is 16.2 Å². The van der Waals surface area contributed by atoms with E-state index >= 15 is 0 Å². The number of likely N-dealkylation sites (N-methyl/N-ethyl adjacent to an activating group) is 1. The fourth-order valence-electron chi connectivity index (χ4n) is 1.89. The third kappa shape index (κ3) is 4.58. The Kier molecular flexibility index (Phi) is 5.36. The van der Waals surface area contributed by atoms with Crippen LogP contribution >= 0.6 is 11.3 Å². The number of carbonyl (C=O) groups excluding carboxylic acids is 1. The van der Waals surface area contributed by atoms with Gasteiger partial charge in [-0.15, -0.1) is 11.3 Å². The number of carbonyl (C=O) groups is 1. The fraction of sp³-hybridized carbons (Fsp3) is 0.312. The molecule has 1 aromatic carbocycles. The first-order chi connectivity index (χ1) is 10.1. The third-order valence-corrected chi connectivity index (χ3v) is 4.07. The van der Waals surface area contributed by atoms with E-state index in [-0.39, 0.29) is 19.1 Å². The van der Waals surface area contributed by atoms with Crippen LogP contribution in [0, 0.1) is 6.92 Å². The first-order valence-corrected chi connectivity index (χ1v) is 7.59. The van der Waals surface area contributed by atoms with Gasteiger partial charge in [0.15, 0.2) is 6.61 Å². The predicted octanol–water partition coefficient (Wildman–Crippen LogP) is 2.63. The summed E-state index contributed by atoms with van der Waals surface area (Å²) in [5, 5.41) is 11.9. The zero-order chi connectivity index (χ0) is 15.2. The van der Waals surface area contributed by atoms with Gasteiger partial charge in [0.2, 0.25) is 0 Å². The number of rotatable bonds is 6. The second kappa shape index (κ2) is 7.24. The maximum atomic E-state index is 12.0. The van der Waals surface area contributed by atoms with Crippen LogP contribution in [0.25, 0.3) is 0 Å². The number of amides is 1. The molecule has 0 bridgehead atoms. The number of aryl methyl sites for hydroxylation is 1. The van der Waals surface area contributed by atoms with Crippen molar-refractivity contribution in [2.75, 3.05) is 20.2 Å². The van der Waals surface area contributed by atoms with Crippen LogP contribution in [-0.4, -0.2) is 36.1 Å². The van der Waals surface area contributed by atoms with Gasteiger partial charge in [-0.2, -0.15) is 0 Å². The summed E-state index contributed by atoms with van der Waals surface area (Å²) in [7, 11) is 1.67. The molecule has 0 aliphatic rings. The molecular formula is C16H19NO3S. The summed E-state index contributed by atoms with van der Waals surface area (Å²) in [4.78, 5) is 14.3. The van der Waals surface area contributed by atoms with Crippen molar-refractivity contribution in [3.63, 3.8) is 0 Å². The molecule has 0 saturated heterocycles. The van der Waals surface area contributed by atoms with Crippen molar-refractivity contribution in [1.82, 2.24) is 4.90 Å². The highest BCUT2D eigenvalue weighted by Crippen LogP contribution is 2.19. The number of thiophene rings is 1. The first-order valence-electron chi connectivity index (χ1n) is 6.71. The largest absolute Gasteiger partial charge is 0.484 e. The molecule has 0 fully saturated rings. The summed E-state index contributed by atoms with van der Waals surface area (Å²) in [6.45, 7) is 2.20. The van der Waals surface area contributed by atoms with E-state index in [0.717, 1.165) is 10.4 Å². The van der Waals surface area contributed by atoms with Crippen molar-refractivity contribution in [2.45, 2.75) is 13.0 Å². The molecule has 0 aliphatic heterocycles. The summed E-state index contributed by atoms with van der Waals surface area (Å²) >= 11 is 1.48. The zero-order valence-electron chi connectivity index (χ0n) is 12.2. The Labute approximate surface area is 128 Å². The molecule has 21 heavy (non-hydrogen) atoms. The Morgan fingerprint density at radius 3 is 2.86 bits per heavy atom. The second-order valence-electron chi connectivity index (χ2n) is 4.91. The average Bonchev–Trinajstić information content (AvgIpc) is 2.99. The van der Waals surface area contributed by atoms with Gasteiger partial charge in [0.25, 0.3) is 5.91 Å². The van der Waals surface area contributed by atoms with Gasteiger partial charge in [0, 0.05) is 11.9 Å². The lowest BCUT2D eigenvalue weighted by atomic mass is 10.2. The van der Waals surface area contributed by atoms with Gasteiger partial charge in [-0.05, 0) is 36.1 Å². The van der Waals surface area contributed by atoms with Crippen LogP contribution in [0.4, 0.5) is 0 Å². The lowest BCUT2D eigenvalue weighted by Crippen LogP contribution is -2.34. The smallest absolute Gasteiger partial charge is 0.260 e. The number of hydrogen-bond acceptors (Lipinski definition) is 4. The second-order valence-corrected chi connectivity index (χ2v) is 5.89. The summed E-state index contributed by atoms with van der Waals surface area (Å²) in [5.41, 5.74) is 1.08. The highest BCUT2D eigenvalue weighted by Gasteiger charge is 2.16. The predicted molar refractivity (Wildman–Crippen MR) is 83.6 cm³/mol. The van der Waals surface area contributed by atoms with Gasteiger partial charge in [0.1, 0.15) is 11.9 Å². The van der Waals surface area contributed by atoms with E-state index in [2.05, 4.69) is 0 Å². The van der Waals surface area contributed by atoms with Crippen molar-refractivity contribution in [3.05, 3.63) is 52.2 Å². The molecule has 0 aliphatic carbocycles. The molecule has 2 rings (SSSR count). The Morgan fingerprint density at radius 1 is 1.38 bits per heavy atom. The highest BCUT2D eigenvalue weighted by molar-refractivity contribution is 7.10. The first kappa shape index (κ1) is 15.5. The van der Waals surface area contributed by atoms with Gasteiger partial charge in [-0.25, -0.2) is 0 Å². The van der Waals surface area contributed by atoms with Gasteiger partial charge in [-0.3, -0.25) is 4.79 Å². The normalized spacial score (nSPS) is 12.0. The Hall–Kier alpha value is -1.85. The molecule has 1 amide bonds. The lowest BCUT2D eigenvalue weighted by Gasteiger charge is -2.20. The van der Waals surface area contributed by atoms with Crippen LogP contribution in [0.1, 0.15) is 16.5 Å². The molecule has 1 aromatic heterocycles. The van der Waals surface area contributed by atoms with Crippen molar-refractivity contribution in [1.29, 1.82) is 0 Å². The maximum Gasteiger partial charge on any atom is 0.260 e. The van der Waals surface area contributed by atoms with E-state index in [1.54, 1.807) is 7.05 Å². The van der Waals surface area contributed by atoms with E-state index in [9.17, 15) is 9.90 Å². The number of aliphatic hydroxyl groups excluding tert-OH is 1. The minimum absolute atomic E-state index is 0.0306. The minimum Gasteiger partial charge on any atom is -0.484 e. The van der Waals surface area contributed by atoms with Crippen LogP contribution in [-0.2, 0) is 4.79 Å². The van der Waals surface area contributed by atoms with Crippen LogP contribution in [0.5, 0.6) is 5.75 Å².